The number of aromatic nitrogens is 1. The zero-order chi connectivity index (χ0) is 13.8. The first kappa shape index (κ1) is 13.5. The fourth-order valence-electron chi connectivity index (χ4n) is 2.09. The van der Waals surface area contributed by atoms with Gasteiger partial charge in [-0.1, -0.05) is 6.07 Å². The highest BCUT2D eigenvalue weighted by Gasteiger charge is 2.20. The van der Waals surface area contributed by atoms with Crippen molar-refractivity contribution in [3.8, 4) is 0 Å². The lowest BCUT2D eigenvalue weighted by Crippen LogP contribution is -2.43. The lowest BCUT2D eigenvalue weighted by Gasteiger charge is -2.29. The predicted octanol–water partition coefficient (Wildman–Crippen LogP) is 0.604. The third kappa shape index (κ3) is 3.51. The van der Waals surface area contributed by atoms with Gasteiger partial charge in [-0.25, -0.2) is 9.78 Å². The van der Waals surface area contributed by atoms with Crippen LogP contribution < -0.4 is 5.32 Å². The molecule has 6 nitrogen and oxygen atoms in total. The molecule has 0 atom stereocenters. The summed E-state index contributed by atoms with van der Waals surface area (Å²) in [4.78, 5) is 28.8. The Morgan fingerprint density at radius 2 is 1.95 bits per heavy atom. The van der Waals surface area contributed by atoms with Crippen LogP contribution in [0.5, 0.6) is 0 Å². The normalized spacial score (nSPS) is 17.1. The number of hydrogen-bond donors (Lipinski definition) is 2. The molecule has 102 valence electrons. The average Bonchev–Trinajstić information content (AvgIpc) is 2.41. The van der Waals surface area contributed by atoms with Gasteiger partial charge in [-0.05, 0) is 45.1 Å². The number of pyridine rings is 1. The summed E-state index contributed by atoms with van der Waals surface area (Å²) in [5.74, 6) is -1.44. The van der Waals surface area contributed by atoms with Gasteiger partial charge >= 0.3 is 5.97 Å². The summed E-state index contributed by atoms with van der Waals surface area (Å²) < 4.78 is 0. The summed E-state index contributed by atoms with van der Waals surface area (Å²) in [6, 6.07) is 4.56. The van der Waals surface area contributed by atoms with Gasteiger partial charge in [-0.3, -0.25) is 4.79 Å². The van der Waals surface area contributed by atoms with E-state index in [2.05, 4.69) is 22.2 Å². The maximum absolute atomic E-state index is 12.0. The number of rotatable bonds is 3. The highest BCUT2D eigenvalue weighted by Crippen LogP contribution is 2.09. The number of carboxylic acid groups (broad SMARTS) is 1. The quantitative estimate of drug-likeness (QED) is 0.834. The van der Waals surface area contributed by atoms with Gasteiger partial charge in [0.05, 0.1) is 0 Å². The van der Waals surface area contributed by atoms with E-state index in [1.165, 1.54) is 18.2 Å². The number of nitrogens with one attached hydrogen (secondary N) is 1. The van der Waals surface area contributed by atoms with Crippen molar-refractivity contribution in [1.82, 2.24) is 15.2 Å². The zero-order valence-electron chi connectivity index (χ0n) is 10.8. The number of carbonyl (C=O) groups excluding carboxylic acids is 1. The van der Waals surface area contributed by atoms with Crippen molar-refractivity contribution < 1.29 is 14.7 Å². The molecule has 1 aliphatic heterocycles. The molecule has 0 unspecified atom stereocenters. The molecule has 1 amide bonds. The van der Waals surface area contributed by atoms with Crippen LogP contribution >= 0.6 is 0 Å². The van der Waals surface area contributed by atoms with Crippen molar-refractivity contribution in [2.45, 2.75) is 18.9 Å². The molecule has 1 aromatic heterocycles. The Bertz CT molecular complexity index is 482. The standard InChI is InChI=1S/C13H17N3O3/c1-16-7-5-9(6-8-16)14-12(17)10-3-2-4-11(15-10)13(18)19/h2-4,9H,5-8H2,1H3,(H,14,17)(H,18,19). The second kappa shape index (κ2) is 5.79. The summed E-state index contributed by atoms with van der Waals surface area (Å²) in [6.45, 7) is 1.90. The van der Waals surface area contributed by atoms with Gasteiger partial charge < -0.3 is 15.3 Å². The Hall–Kier alpha value is -1.95. The molecule has 0 aliphatic carbocycles. The topological polar surface area (TPSA) is 82.5 Å². The summed E-state index contributed by atoms with van der Waals surface area (Å²) in [5.41, 5.74) is 0.0369. The van der Waals surface area contributed by atoms with Crippen LogP contribution in [0.15, 0.2) is 18.2 Å². The third-order valence-corrected chi connectivity index (χ3v) is 3.25. The van der Waals surface area contributed by atoms with E-state index < -0.39 is 5.97 Å². The zero-order valence-corrected chi connectivity index (χ0v) is 10.8. The number of hydrogen-bond acceptors (Lipinski definition) is 4. The number of piperidine rings is 1. The number of carbonyl (C=O) groups is 2. The van der Waals surface area contributed by atoms with E-state index in [0.29, 0.717) is 0 Å². The monoisotopic (exact) mass is 263 g/mol. The van der Waals surface area contributed by atoms with Gasteiger partial charge in [-0.2, -0.15) is 0 Å². The first-order valence-corrected chi connectivity index (χ1v) is 6.26. The Labute approximate surface area is 111 Å². The van der Waals surface area contributed by atoms with Crippen LogP contribution in [0.25, 0.3) is 0 Å². The molecule has 1 fully saturated rings. The van der Waals surface area contributed by atoms with Crippen LogP contribution in [0.1, 0.15) is 33.8 Å². The summed E-state index contributed by atoms with van der Waals surface area (Å²) in [6.07, 6.45) is 1.81. The van der Waals surface area contributed by atoms with Crippen molar-refractivity contribution in [2.75, 3.05) is 20.1 Å². The number of aromatic carboxylic acids is 1. The number of likely N-dealkylation sites (tertiary alicyclic amines) is 1. The Kier molecular flexibility index (Phi) is 4.11. The molecule has 2 rings (SSSR count). The Morgan fingerprint density at radius 3 is 2.58 bits per heavy atom. The largest absolute Gasteiger partial charge is 0.477 e. The minimum Gasteiger partial charge on any atom is -0.477 e. The maximum Gasteiger partial charge on any atom is 0.354 e. The van der Waals surface area contributed by atoms with Crippen LogP contribution in [-0.2, 0) is 0 Å². The fraction of sp³-hybridized carbons (Fsp3) is 0.462. The molecule has 19 heavy (non-hydrogen) atoms. The van der Waals surface area contributed by atoms with Gasteiger partial charge in [0.2, 0.25) is 0 Å². The molecular weight excluding hydrogens is 246 g/mol. The van der Waals surface area contributed by atoms with E-state index in [9.17, 15) is 9.59 Å². The first-order valence-electron chi connectivity index (χ1n) is 6.26. The predicted molar refractivity (Wildman–Crippen MR) is 69.2 cm³/mol. The van der Waals surface area contributed by atoms with Crippen molar-refractivity contribution in [3.05, 3.63) is 29.6 Å². The molecule has 1 aromatic rings. The molecule has 1 aliphatic rings. The van der Waals surface area contributed by atoms with Crippen molar-refractivity contribution in [3.63, 3.8) is 0 Å². The molecule has 0 bridgehead atoms. The molecule has 6 heteroatoms. The molecule has 0 saturated carbocycles. The molecule has 2 N–H and O–H groups in total. The smallest absolute Gasteiger partial charge is 0.354 e. The first-order chi connectivity index (χ1) is 9.06. The van der Waals surface area contributed by atoms with E-state index in [1.807, 2.05) is 0 Å². The summed E-state index contributed by atoms with van der Waals surface area (Å²) in [5, 5.41) is 11.7. The summed E-state index contributed by atoms with van der Waals surface area (Å²) >= 11 is 0. The molecule has 0 aromatic carbocycles. The SMILES string of the molecule is CN1CCC(NC(=O)c2cccc(C(=O)O)n2)CC1. The fourth-order valence-corrected chi connectivity index (χ4v) is 2.09. The number of nitrogens with zero attached hydrogens (tertiary/aromatic N) is 2. The highest BCUT2D eigenvalue weighted by atomic mass is 16.4. The van der Waals surface area contributed by atoms with Crippen LogP contribution in [0.3, 0.4) is 0 Å². The van der Waals surface area contributed by atoms with Crippen LogP contribution in [0.4, 0.5) is 0 Å². The minimum atomic E-state index is -1.13. The van der Waals surface area contributed by atoms with Crippen LogP contribution in [0.2, 0.25) is 0 Å². The second-order valence-corrected chi connectivity index (χ2v) is 4.76. The van der Waals surface area contributed by atoms with E-state index in [0.717, 1.165) is 25.9 Å². The second-order valence-electron chi connectivity index (χ2n) is 4.76. The molecule has 1 saturated heterocycles. The molecule has 0 radical (unpaired) electrons. The van der Waals surface area contributed by atoms with Gasteiger partial charge in [-0.15, -0.1) is 0 Å². The molecule has 0 spiro atoms. The van der Waals surface area contributed by atoms with Gasteiger partial charge in [0, 0.05) is 6.04 Å². The van der Waals surface area contributed by atoms with Crippen molar-refractivity contribution in [2.24, 2.45) is 0 Å². The van der Waals surface area contributed by atoms with Crippen LogP contribution in [-0.4, -0.2) is 53.0 Å². The lowest BCUT2D eigenvalue weighted by molar-refractivity contribution is 0.0690. The molecular formula is C13H17N3O3. The Balaban J connectivity index is 2.00. The molecule has 2 heterocycles. The van der Waals surface area contributed by atoms with Gasteiger partial charge in [0.15, 0.2) is 0 Å². The highest BCUT2D eigenvalue weighted by molar-refractivity contribution is 5.94. The van der Waals surface area contributed by atoms with E-state index in [1.54, 1.807) is 0 Å². The van der Waals surface area contributed by atoms with E-state index >= 15 is 0 Å². The van der Waals surface area contributed by atoms with E-state index in [-0.39, 0.29) is 23.3 Å². The van der Waals surface area contributed by atoms with Crippen LogP contribution in [0, 0.1) is 0 Å². The van der Waals surface area contributed by atoms with Crippen molar-refractivity contribution in [1.29, 1.82) is 0 Å². The minimum absolute atomic E-state index is 0.115. The average molecular weight is 263 g/mol. The van der Waals surface area contributed by atoms with Gasteiger partial charge in [0.1, 0.15) is 11.4 Å². The third-order valence-electron chi connectivity index (χ3n) is 3.25. The lowest BCUT2D eigenvalue weighted by atomic mass is 10.1. The van der Waals surface area contributed by atoms with Crippen molar-refractivity contribution >= 4 is 11.9 Å². The summed E-state index contributed by atoms with van der Waals surface area (Å²) in [7, 11) is 2.05. The Morgan fingerprint density at radius 1 is 1.32 bits per heavy atom. The number of carboxylic acids is 1. The van der Waals surface area contributed by atoms with Gasteiger partial charge in [0.25, 0.3) is 5.91 Å². The maximum atomic E-state index is 12.0. The number of amides is 1. The van der Waals surface area contributed by atoms with E-state index in [4.69, 9.17) is 5.11 Å².